The zero-order chi connectivity index (χ0) is 15.8. The molecule has 6 heteroatoms. The van der Waals surface area contributed by atoms with Crippen LogP contribution in [0.4, 0.5) is 0 Å². The molecular formula is C14H24O6. The van der Waals surface area contributed by atoms with Crippen LogP contribution < -0.4 is 0 Å². The van der Waals surface area contributed by atoms with Crippen LogP contribution in [-0.2, 0) is 28.6 Å². The van der Waals surface area contributed by atoms with Gasteiger partial charge in [-0.25, -0.2) is 0 Å². The predicted octanol–water partition coefficient (Wildman–Crippen LogP) is 1.71. The molecule has 0 saturated carbocycles. The summed E-state index contributed by atoms with van der Waals surface area (Å²) < 4.78 is 14.4. The summed E-state index contributed by atoms with van der Waals surface area (Å²) in [5.74, 6) is -2.66. The summed E-state index contributed by atoms with van der Waals surface area (Å²) in [5, 5.41) is 0. The van der Waals surface area contributed by atoms with E-state index < -0.39 is 29.2 Å². The van der Waals surface area contributed by atoms with Crippen molar-refractivity contribution in [3.8, 4) is 0 Å². The monoisotopic (exact) mass is 288 g/mol. The van der Waals surface area contributed by atoms with Gasteiger partial charge in [0.05, 0.1) is 38.6 Å². The second-order valence-electron chi connectivity index (χ2n) is 5.07. The molecule has 0 radical (unpaired) electrons. The van der Waals surface area contributed by atoms with Gasteiger partial charge in [-0.05, 0) is 20.3 Å². The van der Waals surface area contributed by atoms with Crippen LogP contribution in [0.1, 0.15) is 40.0 Å². The van der Waals surface area contributed by atoms with Gasteiger partial charge in [0, 0.05) is 0 Å². The van der Waals surface area contributed by atoms with Crippen LogP contribution >= 0.6 is 0 Å². The number of hydrogen-bond donors (Lipinski definition) is 0. The normalized spacial score (nSPS) is 12.4. The first-order chi connectivity index (χ1) is 9.31. The molecule has 0 aliphatic heterocycles. The fourth-order valence-electron chi connectivity index (χ4n) is 1.66. The van der Waals surface area contributed by atoms with E-state index in [0.717, 1.165) is 12.8 Å². The number of hydrogen-bond acceptors (Lipinski definition) is 6. The van der Waals surface area contributed by atoms with Gasteiger partial charge in [-0.1, -0.05) is 13.3 Å². The van der Waals surface area contributed by atoms with Gasteiger partial charge < -0.3 is 14.2 Å². The van der Waals surface area contributed by atoms with Crippen molar-refractivity contribution < 1.29 is 28.6 Å². The van der Waals surface area contributed by atoms with Gasteiger partial charge in [-0.2, -0.15) is 0 Å². The smallest absolute Gasteiger partial charge is 0.312 e. The summed E-state index contributed by atoms with van der Waals surface area (Å²) in [5.41, 5.74) is -1.16. The van der Waals surface area contributed by atoms with Crippen LogP contribution in [0.3, 0.4) is 0 Å². The maximum Gasteiger partial charge on any atom is 0.312 e. The molecule has 0 rings (SSSR count). The number of carbonyl (C=O) groups excluding carboxylic acids is 3. The summed E-state index contributed by atoms with van der Waals surface area (Å²) in [6.45, 7) is 5.40. The molecule has 20 heavy (non-hydrogen) atoms. The molecule has 0 aliphatic carbocycles. The lowest BCUT2D eigenvalue weighted by Crippen LogP contribution is -2.41. The summed E-state index contributed by atoms with van der Waals surface area (Å²) in [6, 6.07) is 0. The van der Waals surface area contributed by atoms with Crippen molar-refractivity contribution in [2.24, 2.45) is 11.3 Å². The highest BCUT2D eigenvalue weighted by Gasteiger charge is 2.44. The zero-order valence-corrected chi connectivity index (χ0v) is 12.9. The SMILES string of the molecule is CCCCOC(=O)C(C)(C)C(CC(=O)OC)C(=O)OC. The Morgan fingerprint density at radius 3 is 2.15 bits per heavy atom. The van der Waals surface area contributed by atoms with E-state index in [2.05, 4.69) is 9.47 Å². The molecule has 0 fully saturated rings. The number of methoxy groups -OCH3 is 2. The summed E-state index contributed by atoms with van der Waals surface area (Å²) in [4.78, 5) is 35.3. The predicted molar refractivity (Wildman–Crippen MR) is 71.8 cm³/mol. The van der Waals surface area contributed by atoms with Gasteiger partial charge in [0.25, 0.3) is 0 Å². The lowest BCUT2D eigenvalue weighted by Gasteiger charge is -2.29. The van der Waals surface area contributed by atoms with Crippen LogP contribution in [0, 0.1) is 11.3 Å². The number of esters is 3. The Kier molecular flexibility index (Phi) is 7.87. The molecule has 0 saturated heterocycles. The summed E-state index contributed by atoms with van der Waals surface area (Å²) >= 11 is 0. The van der Waals surface area contributed by atoms with Crippen molar-refractivity contribution in [3.05, 3.63) is 0 Å². The molecule has 0 aromatic carbocycles. The first-order valence-electron chi connectivity index (χ1n) is 6.63. The zero-order valence-electron chi connectivity index (χ0n) is 12.9. The number of unbranched alkanes of at least 4 members (excludes halogenated alkanes) is 1. The van der Waals surface area contributed by atoms with Crippen LogP contribution in [0.15, 0.2) is 0 Å². The molecule has 0 aromatic heterocycles. The van der Waals surface area contributed by atoms with E-state index in [1.54, 1.807) is 13.8 Å². The van der Waals surface area contributed by atoms with Gasteiger partial charge in [0.2, 0.25) is 0 Å². The summed E-state index contributed by atoms with van der Waals surface area (Å²) in [7, 11) is 2.44. The van der Waals surface area contributed by atoms with Crippen LogP contribution in [-0.4, -0.2) is 38.7 Å². The van der Waals surface area contributed by atoms with E-state index >= 15 is 0 Å². The highest BCUT2D eigenvalue weighted by atomic mass is 16.5. The average Bonchev–Trinajstić information content (AvgIpc) is 2.43. The molecule has 0 aliphatic rings. The number of carbonyl (C=O) groups is 3. The van der Waals surface area contributed by atoms with Crippen LogP contribution in [0.5, 0.6) is 0 Å². The average molecular weight is 288 g/mol. The van der Waals surface area contributed by atoms with Crippen molar-refractivity contribution in [3.63, 3.8) is 0 Å². The fraction of sp³-hybridized carbons (Fsp3) is 0.786. The molecule has 1 atom stereocenters. The Morgan fingerprint density at radius 1 is 1.10 bits per heavy atom. The molecule has 0 bridgehead atoms. The minimum absolute atomic E-state index is 0.223. The van der Waals surface area contributed by atoms with Gasteiger partial charge in [-0.3, -0.25) is 14.4 Å². The highest BCUT2D eigenvalue weighted by molar-refractivity contribution is 5.87. The molecule has 0 heterocycles. The summed E-state index contributed by atoms with van der Waals surface area (Å²) in [6.07, 6.45) is 1.43. The van der Waals surface area contributed by atoms with Gasteiger partial charge in [-0.15, -0.1) is 0 Å². The lowest BCUT2D eigenvalue weighted by atomic mass is 9.77. The molecule has 0 amide bonds. The van der Waals surface area contributed by atoms with Crippen molar-refractivity contribution in [1.82, 2.24) is 0 Å². The number of rotatable bonds is 8. The molecule has 6 nitrogen and oxygen atoms in total. The Balaban J connectivity index is 4.96. The van der Waals surface area contributed by atoms with E-state index in [-0.39, 0.29) is 6.42 Å². The molecule has 0 N–H and O–H groups in total. The standard InChI is InChI=1S/C14H24O6/c1-6-7-8-20-13(17)14(2,3)10(12(16)19-5)9-11(15)18-4/h10H,6-9H2,1-5H3. The maximum absolute atomic E-state index is 12.1. The van der Waals surface area contributed by atoms with E-state index in [1.807, 2.05) is 6.92 Å². The Hall–Kier alpha value is -1.59. The Morgan fingerprint density at radius 2 is 1.70 bits per heavy atom. The maximum atomic E-state index is 12.1. The minimum atomic E-state index is -1.16. The first kappa shape index (κ1) is 18.4. The molecule has 0 spiro atoms. The second-order valence-corrected chi connectivity index (χ2v) is 5.07. The fourth-order valence-corrected chi connectivity index (χ4v) is 1.66. The molecule has 1 unspecified atom stereocenters. The van der Waals surface area contributed by atoms with E-state index in [1.165, 1.54) is 14.2 Å². The van der Waals surface area contributed by atoms with Crippen molar-refractivity contribution >= 4 is 17.9 Å². The van der Waals surface area contributed by atoms with E-state index in [4.69, 9.17) is 4.74 Å². The largest absolute Gasteiger partial charge is 0.469 e. The Labute approximate surface area is 119 Å². The third kappa shape index (κ3) is 5.19. The third-order valence-electron chi connectivity index (χ3n) is 3.21. The first-order valence-corrected chi connectivity index (χ1v) is 6.63. The topological polar surface area (TPSA) is 78.9 Å². The molecule has 0 aromatic rings. The minimum Gasteiger partial charge on any atom is -0.469 e. The van der Waals surface area contributed by atoms with Crippen LogP contribution in [0.2, 0.25) is 0 Å². The van der Waals surface area contributed by atoms with Crippen molar-refractivity contribution in [1.29, 1.82) is 0 Å². The Bertz CT molecular complexity index is 348. The molecular weight excluding hydrogens is 264 g/mol. The highest BCUT2D eigenvalue weighted by Crippen LogP contribution is 2.32. The van der Waals surface area contributed by atoms with Crippen molar-refractivity contribution in [2.75, 3.05) is 20.8 Å². The van der Waals surface area contributed by atoms with Gasteiger partial charge in [0.15, 0.2) is 0 Å². The third-order valence-corrected chi connectivity index (χ3v) is 3.21. The van der Waals surface area contributed by atoms with Gasteiger partial charge in [0.1, 0.15) is 0 Å². The lowest BCUT2D eigenvalue weighted by molar-refractivity contribution is -0.169. The quantitative estimate of drug-likeness (QED) is 0.384. The number of ether oxygens (including phenoxy) is 3. The van der Waals surface area contributed by atoms with Gasteiger partial charge >= 0.3 is 17.9 Å². The van der Waals surface area contributed by atoms with Crippen LogP contribution in [0.25, 0.3) is 0 Å². The van der Waals surface area contributed by atoms with Crippen molar-refractivity contribution in [2.45, 2.75) is 40.0 Å². The van der Waals surface area contributed by atoms with E-state index in [9.17, 15) is 14.4 Å². The van der Waals surface area contributed by atoms with E-state index in [0.29, 0.717) is 6.61 Å². The second kappa shape index (κ2) is 8.55. The molecule has 116 valence electrons.